The van der Waals surface area contributed by atoms with Gasteiger partial charge < -0.3 is 4.74 Å². The fourth-order valence-corrected chi connectivity index (χ4v) is 3.83. The van der Waals surface area contributed by atoms with Crippen LogP contribution in [0.5, 0.6) is 0 Å². The molecule has 1 saturated heterocycles. The predicted molar refractivity (Wildman–Crippen MR) is 103 cm³/mol. The first-order chi connectivity index (χ1) is 12.2. The maximum absolute atomic E-state index is 11.5. The molecule has 1 aliphatic rings. The molecule has 0 bridgehead atoms. The van der Waals surface area contributed by atoms with E-state index in [9.17, 15) is 9.59 Å². The van der Waals surface area contributed by atoms with Gasteiger partial charge in [0, 0.05) is 0 Å². The summed E-state index contributed by atoms with van der Waals surface area (Å²) in [5.41, 5.74) is 0. The average Bonchev–Trinajstić information content (AvgIpc) is 2.92. The van der Waals surface area contributed by atoms with Gasteiger partial charge in [-0.15, -0.1) is 0 Å². The molecular weight excluding hydrogens is 312 g/mol. The maximum Gasteiger partial charge on any atom is 0.317 e. The Morgan fingerprint density at radius 3 is 1.88 bits per heavy atom. The average molecular weight is 353 g/mol. The number of carbonyl (C=O) groups excluding carboxylic acids is 2. The number of unbranched alkanes of at least 4 members (excludes halogenated alkanes) is 10. The molecular formula is C22H40O3. The highest BCUT2D eigenvalue weighted by atomic mass is 16.6. The van der Waals surface area contributed by atoms with Gasteiger partial charge >= 0.3 is 11.9 Å². The Bertz CT molecular complexity index is 364. The zero-order valence-electron chi connectivity index (χ0n) is 16.7. The highest BCUT2D eigenvalue weighted by molar-refractivity contribution is 5.94. The molecule has 1 heterocycles. The molecule has 3 nitrogen and oxygen atoms in total. The van der Waals surface area contributed by atoms with Gasteiger partial charge in [0.15, 0.2) is 0 Å². The van der Waals surface area contributed by atoms with Gasteiger partial charge in [0.25, 0.3) is 0 Å². The summed E-state index contributed by atoms with van der Waals surface area (Å²) in [7, 11) is 0. The van der Waals surface area contributed by atoms with Crippen molar-refractivity contribution in [3.63, 3.8) is 0 Å². The van der Waals surface area contributed by atoms with Gasteiger partial charge in [0.2, 0.25) is 0 Å². The first kappa shape index (κ1) is 22.2. The zero-order valence-corrected chi connectivity index (χ0v) is 16.7. The third kappa shape index (κ3) is 10.7. The SMILES string of the molecule is CCCCCCCCCCCCCC(CC)CCC1CC(=O)OC1=O. The second-order valence-electron chi connectivity index (χ2n) is 7.87. The fourth-order valence-electron chi connectivity index (χ4n) is 3.83. The molecule has 0 amide bonds. The zero-order chi connectivity index (χ0) is 18.3. The van der Waals surface area contributed by atoms with Crippen LogP contribution in [0.1, 0.15) is 117 Å². The number of carbonyl (C=O) groups is 2. The lowest BCUT2D eigenvalue weighted by atomic mass is 9.89. The number of rotatable bonds is 16. The summed E-state index contributed by atoms with van der Waals surface area (Å²) in [4.78, 5) is 22.6. The molecule has 0 aromatic rings. The topological polar surface area (TPSA) is 43.4 Å². The molecule has 1 aliphatic heterocycles. The Morgan fingerprint density at radius 1 is 0.840 bits per heavy atom. The minimum Gasteiger partial charge on any atom is -0.393 e. The summed E-state index contributed by atoms with van der Waals surface area (Å²) in [5, 5.41) is 0. The Kier molecular flexibility index (Phi) is 12.7. The summed E-state index contributed by atoms with van der Waals surface area (Å²) in [5.74, 6) is -0.107. The third-order valence-corrected chi connectivity index (χ3v) is 5.68. The van der Waals surface area contributed by atoms with Crippen LogP contribution in [0.15, 0.2) is 0 Å². The lowest BCUT2D eigenvalue weighted by Crippen LogP contribution is -2.10. The van der Waals surface area contributed by atoms with E-state index in [2.05, 4.69) is 18.6 Å². The minimum atomic E-state index is -0.339. The Hall–Kier alpha value is -0.860. The lowest BCUT2D eigenvalue weighted by molar-refractivity contribution is -0.153. The van der Waals surface area contributed by atoms with Gasteiger partial charge in [0.1, 0.15) is 0 Å². The van der Waals surface area contributed by atoms with E-state index in [0.29, 0.717) is 12.3 Å². The van der Waals surface area contributed by atoms with Gasteiger partial charge in [-0.05, 0) is 18.8 Å². The van der Waals surface area contributed by atoms with Gasteiger partial charge in [-0.3, -0.25) is 9.59 Å². The van der Waals surface area contributed by atoms with Crippen LogP contribution in [-0.2, 0) is 14.3 Å². The van der Waals surface area contributed by atoms with E-state index >= 15 is 0 Å². The van der Waals surface area contributed by atoms with Crippen LogP contribution in [0.4, 0.5) is 0 Å². The number of hydrogen-bond donors (Lipinski definition) is 0. The van der Waals surface area contributed by atoms with Crippen LogP contribution >= 0.6 is 0 Å². The molecule has 146 valence electrons. The summed E-state index contributed by atoms with van der Waals surface area (Å²) in [6.45, 7) is 4.51. The van der Waals surface area contributed by atoms with E-state index in [0.717, 1.165) is 12.8 Å². The van der Waals surface area contributed by atoms with Crippen LogP contribution in [0.2, 0.25) is 0 Å². The van der Waals surface area contributed by atoms with E-state index in [-0.39, 0.29) is 17.9 Å². The van der Waals surface area contributed by atoms with Crippen molar-refractivity contribution in [1.29, 1.82) is 0 Å². The van der Waals surface area contributed by atoms with E-state index in [4.69, 9.17) is 0 Å². The smallest absolute Gasteiger partial charge is 0.317 e. The highest BCUT2D eigenvalue weighted by Crippen LogP contribution is 2.27. The van der Waals surface area contributed by atoms with Crippen LogP contribution in [0, 0.1) is 11.8 Å². The van der Waals surface area contributed by atoms with E-state index in [1.54, 1.807) is 0 Å². The van der Waals surface area contributed by atoms with Crippen molar-refractivity contribution in [1.82, 2.24) is 0 Å². The van der Waals surface area contributed by atoms with Gasteiger partial charge in [-0.2, -0.15) is 0 Å². The Labute approximate surface area is 155 Å². The number of ether oxygens (including phenoxy) is 1. The number of cyclic esters (lactones) is 2. The first-order valence-electron chi connectivity index (χ1n) is 10.9. The summed E-state index contributed by atoms with van der Waals surface area (Å²) in [6.07, 6.45) is 19.8. The monoisotopic (exact) mass is 352 g/mol. The molecule has 1 fully saturated rings. The molecule has 2 unspecified atom stereocenters. The van der Waals surface area contributed by atoms with Crippen molar-refractivity contribution in [3.05, 3.63) is 0 Å². The third-order valence-electron chi connectivity index (χ3n) is 5.68. The van der Waals surface area contributed by atoms with Crippen molar-refractivity contribution in [2.75, 3.05) is 0 Å². The predicted octanol–water partition coefficient (Wildman–Crippen LogP) is 6.58. The number of esters is 2. The molecule has 0 aromatic carbocycles. The van der Waals surface area contributed by atoms with E-state index in [1.807, 2.05) is 0 Å². The molecule has 0 spiro atoms. The normalized spacial score (nSPS) is 18.6. The largest absolute Gasteiger partial charge is 0.393 e. The van der Waals surface area contributed by atoms with Gasteiger partial charge in [0.05, 0.1) is 12.3 Å². The fraction of sp³-hybridized carbons (Fsp3) is 0.909. The Balaban J connectivity index is 1.93. The number of hydrogen-bond acceptors (Lipinski definition) is 3. The molecule has 0 N–H and O–H groups in total. The van der Waals surface area contributed by atoms with Crippen LogP contribution in [0.25, 0.3) is 0 Å². The molecule has 0 saturated carbocycles. The molecule has 25 heavy (non-hydrogen) atoms. The van der Waals surface area contributed by atoms with Crippen LogP contribution in [-0.4, -0.2) is 11.9 Å². The highest BCUT2D eigenvalue weighted by Gasteiger charge is 2.33. The standard InChI is InChI=1S/C22H40O3/c1-3-5-6-7-8-9-10-11-12-13-14-15-19(4-2)16-17-20-18-21(23)25-22(20)24/h19-20H,3-18H2,1-2H3. The molecule has 1 rings (SSSR count). The molecule has 0 aliphatic carbocycles. The van der Waals surface area contributed by atoms with Gasteiger partial charge in [-0.25, -0.2) is 0 Å². The van der Waals surface area contributed by atoms with E-state index < -0.39 is 0 Å². The Morgan fingerprint density at radius 2 is 1.40 bits per heavy atom. The molecule has 0 radical (unpaired) electrons. The van der Waals surface area contributed by atoms with Crippen molar-refractivity contribution >= 4 is 11.9 Å². The second-order valence-corrected chi connectivity index (χ2v) is 7.87. The second kappa shape index (κ2) is 14.3. The lowest BCUT2D eigenvalue weighted by Gasteiger charge is -2.15. The van der Waals surface area contributed by atoms with Gasteiger partial charge in [-0.1, -0.05) is 97.3 Å². The summed E-state index contributed by atoms with van der Waals surface area (Å²) >= 11 is 0. The van der Waals surface area contributed by atoms with Crippen LogP contribution < -0.4 is 0 Å². The van der Waals surface area contributed by atoms with Crippen molar-refractivity contribution in [3.8, 4) is 0 Å². The summed E-state index contributed by atoms with van der Waals surface area (Å²) < 4.78 is 4.63. The molecule has 0 aromatic heterocycles. The quantitative estimate of drug-likeness (QED) is 0.179. The minimum absolute atomic E-state index is 0.168. The van der Waals surface area contributed by atoms with Crippen molar-refractivity contribution in [2.24, 2.45) is 11.8 Å². The van der Waals surface area contributed by atoms with Crippen molar-refractivity contribution in [2.45, 2.75) is 117 Å². The van der Waals surface area contributed by atoms with E-state index in [1.165, 1.54) is 83.5 Å². The molecule has 2 atom stereocenters. The maximum atomic E-state index is 11.5. The van der Waals surface area contributed by atoms with Crippen molar-refractivity contribution < 1.29 is 14.3 Å². The van der Waals surface area contributed by atoms with Crippen LogP contribution in [0.3, 0.4) is 0 Å². The summed E-state index contributed by atoms with van der Waals surface area (Å²) in [6, 6.07) is 0. The first-order valence-corrected chi connectivity index (χ1v) is 10.9. The molecule has 3 heteroatoms.